The minimum atomic E-state index is -3.88. The molecule has 3 aromatic rings. The van der Waals surface area contributed by atoms with E-state index in [4.69, 9.17) is 11.6 Å². The van der Waals surface area contributed by atoms with Crippen LogP contribution in [-0.2, 0) is 20.4 Å². The number of carboxylic acids is 1. The minimum absolute atomic E-state index is 0.400. The first-order valence-electron chi connectivity index (χ1n) is 7.64. The summed E-state index contributed by atoms with van der Waals surface area (Å²) in [5.74, 6) is -3.12. The fourth-order valence-electron chi connectivity index (χ4n) is 2.55. The Morgan fingerprint density at radius 2 is 1.73 bits per heavy atom. The highest BCUT2D eigenvalue weighted by atomic mass is 35.5. The molecule has 3 rings (SSSR count). The van der Waals surface area contributed by atoms with Gasteiger partial charge >= 0.3 is 0 Å². The lowest BCUT2D eigenvalue weighted by molar-refractivity contribution is -0.301. The van der Waals surface area contributed by atoms with Crippen LogP contribution >= 0.6 is 11.6 Å². The number of hydrogen-bond acceptors (Lipinski definition) is 5. The van der Waals surface area contributed by atoms with Crippen molar-refractivity contribution in [1.29, 1.82) is 0 Å². The fraction of sp³-hybridized carbons (Fsp3) is 0.111. The van der Waals surface area contributed by atoms with Gasteiger partial charge in [-0.3, -0.25) is 0 Å². The van der Waals surface area contributed by atoms with Crippen molar-refractivity contribution in [1.82, 2.24) is 9.78 Å². The van der Waals surface area contributed by atoms with E-state index in [0.717, 1.165) is 5.69 Å². The predicted octanol–water partition coefficient (Wildman–Crippen LogP) is 1.86. The van der Waals surface area contributed by atoms with Crippen LogP contribution in [-0.4, -0.2) is 29.9 Å². The van der Waals surface area contributed by atoms with Crippen LogP contribution < -0.4 is 5.11 Å². The average Bonchev–Trinajstić information content (AvgIpc) is 2.98. The summed E-state index contributed by atoms with van der Waals surface area (Å²) in [4.78, 5) is 10.7. The molecule has 0 unspecified atom stereocenters. The summed E-state index contributed by atoms with van der Waals surface area (Å²) >= 11 is 5.91. The molecule has 0 amide bonds. The number of nitrogens with zero attached hydrogens (tertiary/aromatic N) is 2. The number of carboxylic acid groups (broad SMARTS) is 1. The molecule has 0 radical (unpaired) electrons. The maximum atomic E-state index is 12.1. The zero-order valence-electron chi connectivity index (χ0n) is 13.5. The number of aromatic nitrogens is 2. The quantitative estimate of drug-likeness (QED) is 0.641. The third kappa shape index (κ3) is 4.30. The zero-order valence-corrected chi connectivity index (χ0v) is 15.1. The van der Waals surface area contributed by atoms with E-state index in [1.54, 1.807) is 35.1 Å². The number of carbonyl (C=O) groups excluding carboxylic acids is 1. The molecule has 0 saturated heterocycles. The van der Waals surface area contributed by atoms with Crippen LogP contribution in [0.3, 0.4) is 0 Å². The largest absolute Gasteiger partial charge is 0.549 e. The molecule has 1 heterocycles. The minimum Gasteiger partial charge on any atom is -0.549 e. The Kier molecular flexibility index (Phi) is 5.11. The Labute approximate surface area is 155 Å². The molecular formula is C18H14ClN2O4S-. The second-order valence-corrected chi connectivity index (χ2v) is 8.20. The first-order chi connectivity index (χ1) is 12.3. The van der Waals surface area contributed by atoms with Crippen molar-refractivity contribution in [2.75, 3.05) is 5.75 Å². The second-order valence-electron chi connectivity index (χ2n) is 5.69. The van der Waals surface area contributed by atoms with Gasteiger partial charge in [-0.05, 0) is 24.3 Å². The van der Waals surface area contributed by atoms with Gasteiger partial charge in [-0.2, -0.15) is 5.10 Å². The molecule has 0 aliphatic carbocycles. The van der Waals surface area contributed by atoms with Crippen LogP contribution in [0.4, 0.5) is 0 Å². The highest BCUT2D eigenvalue weighted by Crippen LogP contribution is 2.26. The Morgan fingerprint density at radius 1 is 1.08 bits per heavy atom. The first-order valence-corrected chi connectivity index (χ1v) is 9.84. The molecule has 8 heteroatoms. The van der Waals surface area contributed by atoms with Crippen molar-refractivity contribution in [2.45, 2.75) is 5.75 Å². The lowest BCUT2D eigenvalue weighted by Gasteiger charge is -2.05. The monoisotopic (exact) mass is 389 g/mol. The molecule has 0 spiro atoms. The zero-order chi connectivity index (χ0) is 18.7. The third-order valence-corrected chi connectivity index (χ3v) is 5.32. The van der Waals surface area contributed by atoms with Crippen molar-refractivity contribution in [3.8, 4) is 16.9 Å². The Hall–Kier alpha value is -2.64. The number of sulfone groups is 1. The summed E-state index contributed by atoms with van der Waals surface area (Å²) in [5, 5.41) is 15.7. The van der Waals surface area contributed by atoms with E-state index in [-0.39, 0.29) is 0 Å². The predicted molar refractivity (Wildman–Crippen MR) is 96.5 cm³/mol. The summed E-state index contributed by atoms with van der Waals surface area (Å²) in [5.41, 5.74) is 2.29. The summed E-state index contributed by atoms with van der Waals surface area (Å²) in [7, 11) is -3.88. The summed E-state index contributed by atoms with van der Waals surface area (Å²) < 4.78 is 25.8. The molecular weight excluding hydrogens is 376 g/mol. The molecule has 0 saturated carbocycles. The number of para-hydroxylation sites is 1. The van der Waals surface area contributed by atoms with Gasteiger partial charge in [0.1, 0.15) is 0 Å². The second kappa shape index (κ2) is 7.31. The molecule has 6 nitrogen and oxygen atoms in total. The number of benzene rings is 2. The van der Waals surface area contributed by atoms with Crippen molar-refractivity contribution < 1.29 is 18.3 Å². The topological polar surface area (TPSA) is 92.1 Å². The van der Waals surface area contributed by atoms with Crippen LogP contribution in [0.5, 0.6) is 0 Å². The fourth-order valence-corrected chi connectivity index (χ4v) is 3.82. The maximum Gasteiger partial charge on any atom is 0.159 e. The van der Waals surface area contributed by atoms with Gasteiger partial charge in [0, 0.05) is 22.3 Å². The lowest BCUT2D eigenvalue weighted by Crippen LogP contribution is -2.31. The molecule has 26 heavy (non-hydrogen) atoms. The van der Waals surface area contributed by atoms with Gasteiger partial charge in [0.05, 0.1) is 28.9 Å². The standard InChI is InChI=1S/C18H15ClN2O4S/c19-15-8-6-13(7-9-15)18-14(11-26(24,25)12-17(22)23)10-21(20-18)16-4-2-1-3-5-16/h1-10H,11-12H2,(H,22,23)/p-1. The van der Waals surface area contributed by atoms with Crippen LogP contribution in [0.25, 0.3) is 16.9 Å². The molecule has 0 bridgehead atoms. The van der Waals surface area contributed by atoms with E-state index in [1.807, 2.05) is 30.3 Å². The molecule has 0 N–H and O–H groups in total. The van der Waals surface area contributed by atoms with E-state index in [0.29, 0.717) is 21.8 Å². The Morgan fingerprint density at radius 3 is 2.35 bits per heavy atom. The average molecular weight is 390 g/mol. The normalized spacial score (nSPS) is 11.4. The lowest BCUT2D eigenvalue weighted by atomic mass is 10.1. The number of carbonyl (C=O) groups is 1. The van der Waals surface area contributed by atoms with Gasteiger partial charge in [0.15, 0.2) is 9.84 Å². The summed E-state index contributed by atoms with van der Waals surface area (Å²) in [6.07, 6.45) is 1.59. The highest BCUT2D eigenvalue weighted by molar-refractivity contribution is 7.91. The summed E-state index contributed by atoms with van der Waals surface area (Å²) in [6, 6.07) is 16.0. The van der Waals surface area contributed by atoms with Crippen molar-refractivity contribution in [3.05, 3.63) is 71.4 Å². The third-order valence-electron chi connectivity index (χ3n) is 3.64. The van der Waals surface area contributed by atoms with Gasteiger partial charge in [-0.15, -0.1) is 0 Å². The van der Waals surface area contributed by atoms with E-state index in [1.165, 1.54) is 0 Å². The van der Waals surface area contributed by atoms with E-state index in [9.17, 15) is 18.3 Å². The van der Waals surface area contributed by atoms with Gasteiger partial charge < -0.3 is 9.90 Å². The van der Waals surface area contributed by atoms with E-state index in [2.05, 4.69) is 5.10 Å². The molecule has 2 aromatic carbocycles. The Balaban J connectivity index is 2.07. The SMILES string of the molecule is O=C([O-])CS(=O)(=O)Cc1cn(-c2ccccc2)nc1-c1ccc(Cl)cc1. The van der Waals surface area contributed by atoms with Crippen LogP contribution in [0.15, 0.2) is 60.8 Å². The Bertz CT molecular complexity index is 1030. The van der Waals surface area contributed by atoms with Crippen LogP contribution in [0.1, 0.15) is 5.56 Å². The first kappa shape index (κ1) is 18.2. The molecule has 0 aliphatic rings. The van der Waals surface area contributed by atoms with Gasteiger partial charge in [-0.25, -0.2) is 13.1 Å². The van der Waals surface area contributed by atoms with Gasteiger partial charge in [-0.1, -0.05) is 41.9 Å². The van der Waals surface area contributed by atoms with E-state index >= 15 is 0 Å². The maximum absolute atomic E-state index is 12.1. The number of rotatable bonds is 6. The van der Waals surface area contributed by atoms with Crippen molar-refractivity contribution in [2.24, 2.45) is 0 Å². The molecule has 1 aromatic heterocycles. The highest BCUT2D eigenvalue weighted by Gasteiger charge is 2.19. The summed E-state index contributed by atoms with van der Waals surface area (Å²) in [6.45, 7) is 0. The molecule has 0 fully saturated rings. The van der Waals surface area contributed by atoms with Crippen LogP contribution in [0, 0.1) is 0 Å². The molecule has 0 atom stereocenters. The van der Waals surface area contributed by atoms with Crippen molar-refractivity contribution in [3.63, 3.8) is 0 Å². The molecule has 134 valence electrons. The van der Waals surface area contributed by atoms with Gasteiger partial charge in [0.25, 0.3) is 0 Å². The van der Waals surface area contributed by atoms with Gasteiger partial charge in [0.2, 0.25) is 0 Å². The number of halogens is 1. The van der Waals surface area contributed by atoms with Crippen LogP contribution in [0.2, 0.25) is 5.02 Å². The smallest absolute Gasteiger partial charge is 0.159 e. The molecule has 0 aliphatic heterocycles. The van der Waals surface area contributed by atoms with Crippen molar-refractivity contribution >= 4 is 27.4 Å². The number of hydrogen-bond donors (Lipinski definition) is 0. The number of aliphatic carboxylic acids is 1. The van der Waals surface area contributed by atoms with E-state index < -0.39 is 27.3 Å².